The fourth-order valence-corrected chi connectivity index (χ4v) is 2.27. The van der Waals surface area contributed by atoms with E-state index in [2.05, 4.69) is 5.32 Å². The molecule has 0 radical (unpaired) electrons. The molecular weight excluding hydrogens is 141 g/mol. The zero-order chi connectivity index (χ0) is 7.73. The summed E-state index contributed by atoms with van der Waals surface area (Å²) in [6.45, 7) is 1.22. The van der Waals surface area contributed by atoms with Gasteiger partial charge in [-0.2, -0.15) is 0 Å². The number of hydrogen-bond acceptors (Lipinski definition) is 1. The van der Waals surface area contributed by atoms with Crippen LogP contribution in [0.25, 0.3) is 0 Å². The summed E-state index contributed by atoms with van der Waals surface area (Å²) in [6, 6.07) is 0. The molecule has 64 valence electrons. The molecule has 0 aromatic rings. The fourth-order valence-electron chi connectivity index (χ4n) is 2.27. The van der Waals surface area contributed by atoms with E-state index in [1.54, 1.807) is 0 Å². The molecule has 1 heterocycles. The molecule has 11 heavy (non-hydrogen) atoms. The fraction of sp³-hybridized carbons (Fsp3) is 1.00. The number of halogens is 1. The van der Waals surface area contributed by atoms with Crippen molar-refractivity contribution in [3.63, 3.8) is 0 Å². The van der Waals surface area contributed by atoms with Gasteiger partial charge in [-0.05, 0) is 18.8 Å². The Morgan fingerprint density at radius 1 is 1.09 bits per heavy atom. The topological polar surface area (TPSA) is 12.0 Å². The zero-order valence-electron chi connectivity index (χ0n) is 6.91. The Balaban J connectivity index is 1.91. The van der Waals surface area contributed by atoms with Crippen LogP contribution in [0.4, 0.5) is 4.39 Å². The Kier molecular flexibility index (Phi) is 1.88. The average molecular weight is 157 g/mol. The van der Waals surface area contributed by atoms with Crippen molar-refractivity contribution >= 4 is 0 Å². The Morgan fingerprint density at radius 3 is 2.18 bits per heavy atom. The first-order valence-corrected chi connectivity index (χ1v) is 4.71. The molecule has 0 atom stereocenters. The van der Waals surface area contributed by atoms with Crippen molar-refractivity contribution in [3.05, 3.63) is 0 Å². The second-order valence-electron chi connectivity index (χ2n) is 3.97. The first kappa shape index (κ1) is 7.53. The molecule has 1 saturated carbocycles. The monoisotopic (exact) mass is 157 g/mol. The van der Waals surface area contributed by atoms with Gasteiger partial charge >= 0.3 is 0 Å². The second kappa shape index (κ2) is 2.74. The predicted molar refractivity (Wildman–Crippen MR) is 43.3 cm³/mol. The third-order valence-corrected chi connectivity index (χ3v) is 3.17. The van der Waals surface area contributed by atoms with Crippen LogP contribution in [0, 0.1) is 5.92 Å². The van der Waals surface area contributed by atoms with Gasteiger partial charge in [0.25, 0.3) is 0 Å². The largest absolute Gasteiger partial charge is 0.310 e. The lowest BCUT2D eigenvalue weighted by Gasteiger charge is -2.43. The van der Waals surface area contributed by atoms with Crippen LogP contribution in [0.15, 0.2) is 0 Å². The van der Waals surface area contributed by atoms with Gasteiger partial charge in [-0.3, -0.25) is 0 Å². The van der Waals surface area contributed by atoms with Crippen LogP contribution in [0.5, 0.6) is 0 Å². The van der Waals surface area contributed by atoms with Gasteiger partial charge in [0.1, 0.15) is 5.67 Å². The molecule has 2 heteroatoms. The first-order chi connectivity index (χ1) is 5.31. The van der Waals surface area contributed by atoms with Crippen molar-refractivity contribution in [2.24, 2.45) is 5.92 Å². The second-order valence-corrected chi connectivity index (χ2v) is 3.97. The number of nitrogens with one attached hydrogen (secondary N) is 1. The molecule has 0 aromatic carbocycles. The van der Waals surface area contributed by atoms with E-state index < -0.39 is 5.67 Å². The lowest BCUT2D eigenvalue weighted by atomic mass is 9.75. The third kappa shape index (κ3) is 1.28. The van der Waals surface area contributed by atoms with Crippen molar-refractivity contribution in [1.29, 1.82) is 0 Å². The van der Waals surface area contributed by atoms with E-state index in [4.69, 9.17) is 0 Å². The van der Waals surface area contributed by atoms with E-state index in [0.717, 1.165) is 12.8 Å². The highest BCUT2D eigenvalue weighted by Crippen LogP contribution is 2.37. The van der Waals surface area contributed by atoms with Gasteiger partial charge in [0.2, 0.25) is 0 Å². The molecule has 2 rings (SSSR count). The molecule has 2 fully saturated rings. The smallest absolute Gasteiger partial charge is 0.138 e. The molecule has 1 saturated heterocycles. The van der Waals surface area contributed by atoms with Crippen LogP contribution in [0.2, 0.25) is 0 Å². The van der Waals surface area contributed by atoms with Crippen LogP contribution in [-0.4, -0.2) is 18.8 Å². The SMILES string of the molecule is FC1(C2CCCCC2)CNC1. The molecule has 0 amide bonds. The van der Waals surface area contributed by atoms with Gasteiger partial charge in [0, 0.05) is 13.1 Å². The van der Waals surface area contributed by atoms with Gasteiger partial charge < -0.3 is 5.32 Å². The van der Waals surface area contributed by atoms with Crippen LogP contribution in [0.3, 0.4) is 0 Å². The van der Waals surface area contributed by atoms with E-state index in [1.165, 1.54) is 19.3 Å². The Hall–Kier alpha value is -0.110. The lowest BCUT2D eigenvalue weighted by molar-refractivity contribution is 0.00620. The van der Waals surface area contributed by atoms with Gasteiger partial charge in [0.15, 0.2) is 0 Å². The highest BCUT2D eigenvalue weighted by atomic mass is 19.1. The van der Waals surface area contributed by atoms with Crippen LogP contribution in [-0.2, 0) is 0 Å². The van der Waals surface area contributed by atoms with E-state index in [-0.39, 0.29) is 0 Å². The van der Waals surface area contributed by atoms with Crippen LogP contribution < -0.4 is 5.32 Å². The maximum absolute atomic E-state index is 13.7. The quantitative estimate of drug-likeness (QED) is 0.612. The summed E-state index contributed by atoms with van der Waals surface area (Å²) in [6.07, 6.45) is 6.06. The minimum atomic E-state index is -0.819. The Morgan fingerprint density at radius 2 is 1.73 bits per heavy atom. The van der Waals surface area contributed by atoms with Gasteiger partial charge in [-0.15, -0.1) is 0 Å². The lowest BCUT2D eigenvalue weighted by Crippen LogP contribution is -2.60. The molecule has 2 aliphatic rings. The van der Waals surface area contributed by atoms with E-state index >= 15 is 0 Å². The molecule has 1 nitrogen and oxygen atoms in total. The maximum atomic E-state index is 13.7. The average Bonchev–Trinajstić information content (AvgIpc) is 2.02. The van der Waals surface area contributed by atoms with Gasteiger partial charge in [0.05, 0.1) is 0 Å². The number of hydrogen-bond donors (Lipinski definition) is 1. The van der Waals surface area contributed by atoms with Gasteiger partial charge in [-0.1, -0.05) is 19.3 Å². The summed E-state index contributed by atoms with van der Waals surface area (Å²) >= 11 is 0. The minimum absolute atomic E-state index is 0.373. The van der Waals surface area contributed by atoms with Crippen molar-refractivity contribution in [2.45, 2.75) is 37.8 Å². The minimum Gasteiger partial charge on any atom is -0.310 e. The maximum Gasteiger partial charge on any atom is 0.138 e. The molecule has 0 spiro atoms. The molecular formula is C9H16FN. The summed E-state index contributed by atoms with van der Waals surface area (Å²) in [5.74, 6) is 0.373. The molecule has 0 aromatic heterocycles. The Labute approximate surface area is 67.4 Å². The van der Waals surface area contributed by atoms with Crippen LogP contribution >= 0.6 is 0 Å². The summed E-state index contributed by atoms with van der Waals surface area (Å²) in [5.41, 5.74) is -0.819. The highest BCUT2D eigenvalue weighted by molar-refractivity contribution is 4.99. The summed E-state index contributed by atoms with van der Waals surface area (Å²) in [4.78, 5) is 0. The predicted octanol–water partition coefficient (Wildman–Crippen LogP) is 1.88. The Bertz CT molecular complexity index is 136. The normalized spacial score (nSPS) is 31.4. The molecule has 1 aliphatic carbocycles. The standard InChI is InChI=1S/C9H16FN/c10-9(6-11-7-9)8-4-2-1-3-5-8/h8,11H,1-7H2. The van der Waals surface area contributed by atoms with Gasteiger partial charge in [-0.25, -0.2) is 4.39 Å². The summed E-state index contributed by atoms with van der Waals surface area (Å²) in [5, 5.41) is 3.02. The van der Waals surface area contributed by atoms with Crippen molar-refractivity contribution in [1.82, 2.24) is 5.32 Å². The molecule has 0 bridgehead atoms. The molecule has 0 unspecified atom stereocenters. The first-order valence-electron chi connectivity index (χ1n) is 4.71. The van der Waals surface area contributed by atoms with E-state index in [0.29, 0.717) is 19.0 Å². The third-order valence-electron chi connectivity index (χ3n) is 3.17. The molecule has 1 aliphatic heterocycles. The summed E-state index contributed by atoms with van der Waals surface area (Å²) < 4.78 is 13.7. The molecule has 1 N–H and O–H groups in total. The zero-order valence-corrected chi connectivity index (χ0v) is 6.91. The van der Waals surface area contributed by atoms with Crippen molar-refractivity contribution < 1.29 is 4.39 Å². The highest BCUT2D eigenvalue weighted by Gasteiger charge is 2.44. The summed E-state index contributed by atoms with van der Waals surface area (Å²) in [7, 11) is 0. The number of alkyl halides is 1. The van der Waals surface area contributed by atoms with E-state index in [1.807, 2.05) is 0 Å². The van der Waals surface area contributed by atoms with Crippen molar-refractivity contribution in [3.8, 4) is 0 Å². The van der Waals surface area contributed by atoms with Crippen molar-refractivity contribution in [2.75, 3.05) is 13.1 Å². The van der Waals surface area contributed by atoms with Crippen LogP contribution in [0.1, 0.15) is 32.1 Å². The van der Waals surface area contributed by atoms with E-state index in [9.17, 15) is 4.39 Å². The number of rotatable bonds is 1.